The average Bonchev–Trinajstić information content (AvgIpc) is 2.90. The van der Waals surface area contributed by atoms with Crippen LogP contribution in [0.4, 0.5) is 0 Å². The summed E-state index contributed by atoms with van der Waals surface area (Å²) >= 11 is 0. The van der Waals surface area contributed by atoms with E-state index in [1.807, 2.05) is 0 Å². The molecule has 1 saturated heterocycles. The zero-order valence-corrected chi connectivity index (χ0v) is 14.3. The highest BCUT2D eigenvalue weighted by atomic mass is 28.4. The Morgan fingerprint density at radius 3 is 2.32 bits per heavy atom. The highest BCUT2D eigenvalue weighted by Crippen LogP contribution is 2.35. The standard InChI is InChI=1S/C14H31NO3Si/c1-6-7-8-11-15-12-9-10-14(15)13(2)19(16-3,17-4)18-5/h13-14H,6-12H2,1-5H3. The van der Waals surface area contributed by atoms with Crippen molar-refractivity contribution in [2.24, 2.45) is 0 Å². The summed E-state index contributed by atoms with van der Waals surface area (Å²) in [6.07, 6.45) is 6.40. The van der Waals surface area contributed by atoms with Crippen LogP contribution in [0.2, 0.25) is 5.54 Å². The van der Waals surface area contributed by atoms with E-state index in [1.165, 1.54) is 45.2 Å². The Hall–Kier alpha value is 0.0569. The van der Waals surface area contributed by atoms with Crippen LogP contribution in [0.25, 0.3) is 0 Å². The molecule has 5 heteroatoms. The first-order chi connectivity index (χ1) is 9.15. The van der Waals surface area contributed by atoms with Crippen LogP contribution in [-0.4, -0.2) is 54.2 Å². The molecular formula is C14H31NO3Si. The number of nitrogens with zero attached hydrogens (tertiary/aromatic N) is 1. The first kappa shape index (κ1) is 17.1. The van der Waals surface area contributed by atoms with Gasteiger partial charge < -0.3 is 18.2 Å². The Morgan fingerprint density at radius 1 is 1.16 bits per heavy atom. The molecule has 1 heterocycles. The highest BCUT2D eigenvalue weighted by molar-refractivity contribution is 6.62. The SMILES string of the molecule is CCCCCN1CCCC1C(C)[Si](OC)(OC)OC. The monoisotopic (exact) mass is 289 g/mol. The van der Waals surface area contributed by atoms with Crippen molar-refractivity contribution in [2.75, 3.05) is 34.4 Å². The van der Waals surface area contributed by atoms with E-state index < -0.39 is 8.80 Å². The zero-order chi connectivity index (χ0) is 14.3. The van der Waals surface area contributed by atoms with Gasteiger partial charge in [0.05, 0.1) is 0 Å². The molecule has 0 radical (unpaired) electrons. The second-order valence-electron chi connectivity index (χ2n) is 5.46. The van der Waals surface area contributed by atoms with Crippen molar-refractivity contribution in [1.82, 2.24) is 4.90 Å². The molecule has 1 aliphatic rings. The lowest BCUT2D eigenvalue weighted by Crippen LogP contribution is -2.53. The Morgan fingerprint density at radius 2 is 1.79 bits per heavy atom. The zero-order valence-electron chi connectivity index (χ0n) is 13.3. The molecular weight excluding hydrogens is 258 g/mol. The molecule has 0 aromatic heterocycles. The van der Waals surface area contributed by atoms with Crippen molar-refractivity contribution in [2.45, 2.75) is 57.5 Å². The fraction of sp³-hybridized carbons (Fsp3) is 1.00. The topological polar surface area (TPSA) is 30.9 Å². The van der Waals surface area contributed by atoms with Gasteiger partial charge in [-0.15, -0.1) is 0 Å². The van der Waals surface area contributed by atoms with E-state index >= 15 is 0 Å². The van der Waals surface area contributed by atoms with Crippen LogP contribution >= 0.6 is 0 Å². The molecule has 0 saturated carbocycles. The normalized spacial score (nSPS) is 22.9. The Labute approximate surface area is 119 Å². The number of unbranched alkanes of at least 4 members (excludes halogenated alkanes) is 2. The van der Waals surface area contributed by atoms with Crippen LogP contribution in [-0.2, 0) is 13.3 Å². The fourth-order valence-corrected chi connectivity index (χ4v) is 5.77. The van der Waals surface area contributed by atoms with Gasteiger partial charge in [0.25, 0.3) is 0 Å². The minimum absolute atomic E-state index is 0.330. The van der Waals surface area contributed by atoms with Crippen molar-refractivity contribution >= 4 is 8.80 Å². The third-order valence-electron chi connectivity index (χ3n) is 4.45. The van der Waals surface area contributed by atoms with Crippen molar-refractivity contribution in [3.8, 4) is 0 Å². The largest absolute Gasteiger partial charge is 0.504 e. The summed E-state index contributed by atoms with van der Waals surface area (Å²) in [5.41, 5.74) is 0.330. The minimum Gasteiger partial charge on any atom is -0.377 e. The average molecular weight is 289 g/mol. The van der Waals surface area contributed by atoms with E-state index in [1.54, 1.807) is 21.3 Å². The molecule has 0 bridgehead atoms. The lowest BCUT2D eigenvalue weighted by Gasteiger charge is -2.37. The van der Waals surface area contributed by atoms with Gasteiger partial charge in [0, 0.05) is 32.9 Å². The van der Waals surface area contributed by atoms with Crippen LogP contribution in [0.1, 0.15) is 46.0 Å². The van der Waals surface area contributed by atoms with Gasteiger partial charge in [-0.2, -0.15) is 0 Å². The van der Waals surface area contributed by atoms with E-state index in [0.717, 1.165) is 0 Å². The molecule has 1 rings (SSSR count). The molecule has 1 aliphatic heterocycles. The second-order valence-corrected chi connectivity index (χ2v) is 8.80. The van der Waals surface area contributed by atoms with E-state index in [4.69, 9.17) is 13.3 Å². The Balaban J connectivity index is 2.65. The van der Waals surface area contributed by atoms with Gasteiger partial charge in [-0.05, 0) is 32.4 Å². The van der Waals surface area contributed by atoms with Crippen molar-refractivity contribution in [3.05, 3.63) is 0 Å². The van der Waals surface area contributed by atoms with Crippen molar-refractivity contribution in [1.29, 1.82) is 0 Å². The molecule has 4 nitrogen and oxygen atoms in total. The third-order valence-corrected chi connectivity index (χ3v) is 7.66. The van der Waals surface area contributed by atoms with E-state index in [-0.39, 0.29) is 0 Å². The number of hydrogen-bond donors (Lipinski definition) is 0. The van der Waals surface area contributed by atoms with Crippen LogP contribution < -0.4 is 0 Å². The van der Waals surface area contributed by atoms with Crippen LogP contribution in [0.3, 0.4) is 0 Å². The van der Waals surface area contributed by atoms with Crippen LogP contribution in [0, 0.1) is 0 Å². The molecule has 1 fully saturated rings. The number of rotatable bonds is 9. The molecule has 0 aromatic rings. The van der Waals surface area contributed by atoms with Crippen molar-refractivity contribution in [3.63, 3.8) is 0 Å². The van der Waals surface area contributed by atoms with Crippen LogP contribution in [0.15, 0.2) is 0 Å². The third kappa shape index (κ3) is 4.01. The lowest BCUT2D eigenvalue weighted by molar-refractivity contribution is 0.0953. The van der Waals surface area contributed by atoms with Gasteiger partial charge in [-0.3, -0.25) is 0 Å². The first-order valence-electron chi connectivity index (χ1n) is 7.54. The maximum atomic E-state index is 5.65. The van der Waals surface area contributed by atoms with Gasteiger partial charge in [-0.25, -0.2) is 0 Å². The van der Waals surface area contributed by atoms with E-state index in [9.17, 15) is 0 Å². The molecule has 2 unspecified atom stereocenters. The number of likely N-dealkylation sites (tertiary alicyclic amines) is 1. The van der Waals surface area contributed by atoms with Crippen molar-refractivity contribution < 1.29 is 13.3 Å². The Kier molecular flexibility index (Phi) is 7.53. The van der Waals surface area contributed by atoms with E-state index in [0.29, 0.717) is 11.6 Å². The summed E-state index contributed by atoms with van der Waals surface area (Å²) in [5.74, 6) is 0. The molecule has 19 heavy (non-hydrogen) atoms. The molecule has 0 N–H and O–H groups in total. The molecule has 0 amide bonds. The lowest BCUT2D eigenvalue weighted by atomic mass is 10.1. The molecule has 114 valence electrons. The number of hydrogen-bond acceptors (Lipinski definition) is 4. The highest BCUT2D eigenvalue weighted by Gasteiger charge is 2.50. The van der Waals surface area contributed by atoms with Crippen LogP contribution in [0.5, 0.6) is 0 Å². The first-order valence-corrected chi connectivity index (χ1v) is 9.34. The summed E-state index contributed by atoms with van der Waals surface area (Å²) in [5, 5.41) is 0. The molecule has 0 aromatic carbocycles. The van der Waals surface area contributed by atoms with Gasteiger partial charge >= 0.3 is 8.80 Å². The second kappa shape index (κ2) is 8.37. The maximum Gasteiger partial charge on any atom is 0.504 e. The predicted octanol–water partition coefficient (Wildman–Crippen LogP) is 2.91. The quantitative estimate of drug-likeness (QED) is 0.482. The molecule has 0 aliphatic carbocycles. The molecule has 0 spiro atoms. The van der Waals surface area contributed by atoms with Gasteiger partial charge in [0.1, 0.15) is 0 Å². The minimum atomic E-state index is -2.52. The maximum absolute atomic E-state index is 5.65. The predicted molar refractivity (Wildman–Crippen MR) is 80.3 cm³/mol. The van der Waals surface area contributed by atoms with Gasteiger partial charge in [0.2, 0.25) is 0 Å². The smallest absolute Gasteiger partial charge is 0.377 e. The summed E-state index contributed by atoms with van der Waals surface area (Å²) in [6, 6.07) is 0.545. The van der Waals surface area contributed by atoms with E-state index in [2.05, 4.69) is 18.7 Å². The molecule has 2 atom stereocenters. The summed E-state index contributed by atoms with van der Waals surface area (Å²) < 4.78 is 17.0. The summed E-state index contributed by atoms with van der Waals surface area (Å²) in [6.45, 7) is 6.89. The van der Waals surface area contributed by atoms with Gasteiger partial charge in [-0.1, -0.05) is 26.7 Å². The Bertz CT molecular complexity index is 241. The fourth-order valence-electron chi connectivity index (χ4n) is 3.30. The summed E-state index contributed by atoms with van der Waals surface area (Å²) in [4.78, 5) is 2.61. The summed E-state index contributed by atoms with van der Waals surface area (Å²) in [7, 11) is 2.63. The van der Waals surface area contributed by atoms with Gasteiger partial charge in [0.15, 0.2) is 0 Å².